The van der Waals surface area contributed by atoms with E-state index in [2.05, 4.69) is 12.2 Å². The summed E-state index contributed by atoms with van der Waals surface area (Å²) in [5.74, 6) is 0. The molecule has 1 fully saturated rings. The standard InChI is InChI=1S/C8H18N2/c1-7-3-2-4-8(10-7)5-6-9/h7-8,10H,2-6,9H2,1H3. The monoisotopic (exact) mass is 142 g/mol. The summed E-state index contributed by atoms with van der Waals surface area (Å²) < 4.78 is 0. The van der Waals surface area contributed by atoms with Gasteiger partial charge in [0.2, 0.25) is 0 Å². The second kappa shape index (κ2) is 3.94. The second-order valence-corrected chi connectivity index (χ2v) is 3.27. The Bertz CT molecular complexity index is 91.3. The van der Waals surface area contributed by atoms with E-state index in [1.165, 1.54) is 19.3 Å². The number of rotatable bonds is 2. The molecular formula is C8H18N2. The molecule has 1 rings (SSSR count). The van der Waals surface area contributed by atoms with Crippen LogP contribution in [0.2, 0.25) is 0 Å². The molecular weight excluding hydrogens is 124 g/mol. The van der Waals surface area contributed by atoms with Crippen LogP contribution < -0.4 is 11.1 Å². The molecule has 0 radical (unpaired) electrons. The minimum absolute atomic E-state index is 0.703. The molecule has 1 aliphatic heterocycles. The number of piperidine rings is 1. The van der Waals surface area contributed by atoms with Crippen LogP contribution in [-0.4, -0.2) is 18.6 Å². The van der Waals surface area contributed by atoms with Gasteiger partial charge in [-0.3, -0.25) is 0 Å². The Kier molecular flexibility index (Phi) is 3.16. The molecule has 0 saturated carbocycles. The highest BCUT2D eigenvalue weighted by molar-refractivity contribution is 4.77. The molecule has 0 bridgehead atoms. The molecule has 1 heterocycles. The van der Waals surface area contributed by atoms with Crippen molar-refractivity contribution in [3.8, 4) is 0 Å². The first-order chi connectivity index (χ1) is 4.83. The van der Waals surface area contributed by atoms with Gasteiger partial charge in [-0.05, 0) is 32.7 Å². The molecule has 1 aliphatic rings. The minimum Gasteiger partial charge on any atom is -0.330 e. The Morgan fingerprint density at radius 3 is 2.90 bits per heavy atom. The van der Waals surface area contributed by atoms with E-state index in [0.717, 1.165) is 13.0 Å². The van der Waals surface area contributed by atoms with Crippen molar-refractivity contribution < 1.29 is 0 Å². The molecule has 2 nitrogen and oxygen atoms in total. The van der Waals surface area contributed by atoms with Gasteiger partial charge in [-0.2, -0.15) is 0 Å². The van der Waals surface area contributed by atoms with Crippen molar-refractivity contribution in [2.24, 2.45) is 5.73 Å². The first kappa shape index (κ1) is 8.02. The van der Waals surface area contributed by atoms with Gasteiger partial charge in [0, 0.05) is 12.1 Å². The Morgan fingerprint density at radius 2 is 2.30 bits per heavy atom. The van der Waals surface area contributed by atoms with E-state index in [4.69, 9.17) is 5.73 Å². The third-order valence-corrected chi connectivity index (χ3v) is 2.23. The van der Waals surface area contributed by atoms with Crippen molar-refractivity contribution in [2.75, 3.05) is 6.54 Å². The van der Waals surface area contributed by atoms with Gasteiger partial charge in [0.15, 0.2) is 0 Å². The maximum atomic E-state index is 5.46. The van der Waals surface area contributed by atoms with E-state index < -0.39 is 0 Å². The fraction of sp³-hybridized carbons (Fsp3) is 1.00. The summed E-state index contributed by atoms with van der Waals surface area (Å²) in [5.41, 5.74) is 5.46. The number of hydrogen-bond acceptors (Lipinski definition) is 2. The van der Waals surface area contributed by atoms with Crippen molar-refractivity contribution in [3.63, 3.8) is 0 Å². The zero-order valence-corrected chi connectivity index (χ0v) is 6.77. The molecule has 60 valence electrons. The topological polar surface area (TPSA) is 38.0 Å². The maximum Gasteiger partial charge on any atom is 0.00815 e. The summed E-state index contributed by atoms with van der Waals surface area (Å²) in [6, 6.07) is 1.42. The highest BCUT2D eigenvalue weighted by Crippen LogP contribution is 2.13. The predicted octanol–water partition coefficient (Wildman–Crippen LogP) is 0.866. The summed E-state index contributed by atoms with van der Waals surface area (Å²) in [6.45, 7) is 3.08. The Balaban J connectivity index is 2.18. The summed E-state index contributed by atoms with van der Waals surface area (Å²) >= 11 is 0. The Labute approximate surface area is 63.2 Å². The van der Waals surface area contributed by atoms with E-state index in [1.54, 1.807) is 0 Å². The third kappa shape index (κ3) is 2.27. The van der Waals surface area contributed by atoms with Crippen molar-refractivity contribution in [2.45, 2.75) is 44.7 Å². The maximum absolute atomic E-state index is 5.46. The molecule has 1 saturated heterocycles. The lowest BCUT2D eigenvalue weighted by atomic mass is 9.98. The van der Waals surface area contributed by atoms with Gasteiger partial charge in [0.1, 0.15) is 0 Å². The summed E-state index contributed by atoms with van der Waals surface area (Å²) in [7, 11) is 0. The number of hydrogen-bond donors (Lipinski definition) is 2. The molecule has 3 N–H and O–H groups in total. The molecule has 2 unspecified atom stereocenters. The van der Waals surface area contributed by atoms with Crippen LogP contribution in [0.5, 0.6) is 0 Å². The van der Waals surface area contributed by atoms with Crippen LogP contribution >= 0.6 is 0 Å². The molecule has 2 heteroatoms. The van der Waals surface area contributed by atoms with Crippen LogP contribution in [-0.2, 0) is 0 Å². The molecule has 2 atom stereocenters. The predicted molar refractivity (Wildman–Crippen MR) is 43.9 cm³/mol. The average Bonchev–Trinajstić information content (AvgIpc) is 1.88. The van der Waals surface area contributed by atoms with E-state index in [0.29, 0.717) is 12.1 Å². The van der Waals surface area contributed by atoms with Crippen LogP contribution in [0.25, 0.3) is 0 Å². The molecule has 0 spiro atoms. The lowest BCUT2D eigenvalue weighted by molar-refractivity contribution is 0.324. The van der Waals surface area contributed by atoms with Crippen LogP contribution in [0.3, 0.4) is 0 Å². The zero-order chi connectivity index (χ0) is 7.40. The van der Waals surface area contributed by atoms with Gasteiger partial charge in [-0.15, -0.1) is 0 Å². The largest absolute Gasteiger partial charge is 0.330 e. The van der Waals surface area contributed by atoms with Gasteiger partial charge in [-0.1, -0.05) is 6.42 Å². The first-order valence-corrected chi connectivity index (χ1v) is 4.29. The highest BCUT2D eigenvalue weighted by Gasteiger charge is 2.15. The average molecular weight is 142 g/mol. The van der Waals surface area contributed by atoms with Gasteiger partial charge < -0.3 is 11.1 Å². The normalized spacial score (nSPS) is 34.2. The lowest BCUT2D eigenvalue weighted by Gasteiger charge is -2.28. The molecule has 0 aromatic heterocycles. The molecule has 0 amide bonds. The fourth-order valence-electron chi connectivity index (χ4n) is 1.67. The van der Waals surface area contributed by atoms with E-state index in [-0.39, 0.29) is 0 Å². The number of nitrogens with one attached hydrogen (secondary N) is 1. The molecule has 10 heavy (non-hydrogen) atoms. The van der Waals surface area contributed by atoms with E-state index in [1.807, 2.05) is 0 Å². The van der Waals surface area contributed by atoms with Gasteiger partial charge >= 0.3 is 0 Å². The SMILES string of the molecule is CC1CCCC(CCN)N1. The zero-order valence-electron chi connectivity index (χ0n) is 6.77. The van der Waals surface area contributed by atoms with Crippen LogP contribution in [0.4, 0.5) is 0 Å². The van der Waals surface area contributed by atoms with Crippen molar-refractivity contribution in [1.82, 2.24) is 5.32 Å². The molecule has 0 aromatic carbocycles. The fourth-order valence-corrected chi connectivity index (χ4v) is 1.67. The van der Waals surface area contributed by atoms with Gasteiger partial charge in [0.05, 0.1) is 0 Å². The van der Waals surface area contributed by atoms with Gasteiger partial charge in [-0.25, -0.2) is 0 Å². The van der Waals surface area contributed by atoms with Crippen molar-refractivity contribution >= 4 is 0 Å². The van der Waals surface area contributed by atoms with Crippen LogP contribution in [0.15, 0.2) is 0 Å². The van der Waals surface area contributed by atoms with Gasteiger partial charge in [0.25, 0.3) is 0 Å². The van der Waals surface area contributed by atoms with Crippen LogP contribution in [0, 0.1) is 0 Å². The summed E-state index contributed by atoms with van der Waals surface area (Å²) in [6.07, 6.45) is 5.17. The molecule has 0 aromatic rings. The number of nitrogens with two attached hydrogens (primary N) is 1. The Morgan fingerprint density at radius 1 is 1.50 bits per heavy atom. The summed E-state index contributed by atoms with van der Waals surface area (Å²) in [5, 5.41) is 3.54. The van der Waals surface area contributed by atoms with E-state index in [9.17, 15) is 0 Å². The second-order valence-electron chi connectivity index (χ2n) is 3.27. The van der Waals surface area contributed by atoms with Crippen LogP contribution in [0.1, 0.15) is 32.6 Å². The quantitative estimate of drug-likeness (QED) is 0.600. The minimum atomic E-state index is 0.703. The summed E-state index contributed by atoms with van der Waals surface area (Å²) in [4.78, 5) is 0. The van der Waals surface area contributed by atoms with E-state index >= 15 is 0 Å². The highest BCUT2D eigenvalue weighted by atomic mass is 15.0. The lowest BCUT2D eigenvalue weighted by Crippen LogP contribution is -2.41. The molecule has 0 aliphatic carbocycles. The Hall–Kier alpha value is -0.0800. The first-order valence-electron chi connectivity index (χ1n) is 4.29. The van der Waals surface area contributed by atoms with Crippen molar-refractivity contribution in [1.29, 1.82) is 0 Å². The van der Waals surface area contributed by atoms with Crippen molar-refractivity contribution in [3.05, 3.63) is 0 Å². The smallest absolute Gasteiger partial charge is 0.00815 e. The third-order valence-electron chi connectivity index (χ3n) is 2.23.